The van der Waals surface area contributed by atoms with Crippen molar-refractivity contribution in [3.63, 3.8) is 0 Å². The molecule has 0 bridgehead atoms. The number of carbonyl (C=O) groups excluding carboxylic acids is 3. The van der Waals surface area contributed by atoms with E-state index in [0.29, 0.717) is 23.9 Å². The summed E-state index contributed by atoms with van der Waals surface area (Å²) in [5.41, 5.74) is 1.86. The molecule has 0 radical (unpaired) electrons. The molecule has 2 atom stereocenters. The molecule has 0 spiro atoms. The third kappa shape index (κ3) is 5.47. The summed E-state index contributed by atoms with van der Waals surface area (Å²) in [6.07, 6.45) is 2.67. The molecule has 1 aromatic carbocycles. The standard InChI is InChI=1S/C22H26N2O5/c1-3-15(2)16-6-8-18(9-7-16)23-20(25)14-29-22(27)17-11-21(26)24(12-17)13-19-5-4-10-28-19/h4-10,15,17H,3,11-14H2,1-2H3,(H,23,25)/t15-,17-/m0/s1. The van der Waals surface area contributed by atoms with Crippen LogP contribution in [-0.4, -0.2) is 35.8 Å². The first kappa shape index (κ1) is 20.6. The van der Waals surface area contributed by atoms with E-state index in [9.17, 15) is 14.4 Å². The predicted molar refractivity (Wildman–Crippen MR) is 107 cm³/mol. The van der Waals surface area contributed by atoms with Crippen LogP contribution in [0.4, 0.5) is 5.69 Å². The van der Waals surface area contributed by atoms with E-state index >= 15 is 0 Å². The highest BCUT2D eigenvalue weighted by Gasteiger charge is 2.35. The van der Waals surface area contributed by atoms with E-state index in [2.05, 4.69) is 19.2 Å². The molecular weight excluding hydrogens is 372 g/mol. The molecule has 29 heavy (non-hydrogen) atoms. The van der Waals surface area contributed by atoms with Crippen LogP contribution in [0, 0.1) is 5.92 Å². The molecule has 0 unspecified atom stereocenters. The smallest absolute Gasteiger partial charge is 0.311 e. The van der Waals surface area contributed by atoms with Gasteiger partial charge in [0, 0.05) is 18.7 Å². The number of furan rings is 1. The summed E-state index contributed by atoms with van der Waals surface area (Å²) in [5.74, 6) is -0.531. The number of amides is 2. The minimum atomic E-state index is -0.569. The summed E-state index contributed by atoms with van der Waals surface area (Å²) >= 11 is 0. The average molecular weight is 398 g/mol. The molecule has 1 aliphatic heterocycles. The van der Waals surface area contributed by atoms with Crippen molar-refractivity contribution in [3.8, 4) is 0 Å². The highest BCUT2D eigenvalue weighted by Crippen LogP contribution is 2.22. The fourth-order valence-corrected chi connectivity index (χ4v) is 3.26. The molecule has 2 amide bonds. The molecule has 1 aliphatic rings. The molecule has 1 fully saturated rings. The predicted octanol–water partition coefficient (Wildman–Crippen LogP) is 3.32. The number of ether oxygens (including phenoxy) is 1. The van der Waals surface area contributed by atoms with Crippen molar-refractivity contribution in [2.24, 2.45) is 5.92 Å². The summed E-state index contributed by atoms with van der Waals surface area (Å²) in [6.45, 7) is 4.48. The van der Waals surface area contributed by atoms with Crippen LogP contribution in [0.5, 0.6) is 0 Å². The van der Waals surface area contributed by atoms with Gasteiger partial charge in [-0.1, -0.05) is 26.0 Å². The number of esters is 1. The summed E-state index contributed by atoms with van der Waals surface area (Å²) < 4.78 is 10.4. The van der Waals surface area contributed by atoms with Crippen molar-refractivity contribution in [2.45, 2.75) is 39.2 Å². The SMILES string of the molecule is CC[C@H](C)c1ccc(NC(=O)COC(=O)[C@H]2CC(=O)N(Cc3ccco3)C2)cc1. The maximum absolute atomic E-state index is 12.2. The molecule has 1 N–H and O–H groups in total. The normalized spacial score (nSPS) is 17.2. The van der Waals surface area contributed by atoms with Crippen molar-refractivity contribution in [1.29, 1.82) is 0 Å². The average Bonchev–Trinajstić information content (AvgIpc) is 3.36. The van der Waals surface area contributed by atoms with E-state index in [1.165, 1.54) is 11.8 Å². The highest BCUT2D eigenvalue weighted by atomic mass is 16.5. The van der Waals surface area contributed by atoms with Crippen LogP contribution in [-0.2, 0) is 25.7 Å². The second kappa shape index (κ2) is 9.41. The highest BCUT2D eigenvalue weighted by molar-refractivity contribution is 5.93. The molecule has 3 rings (SSSR count). The van der Waals surface area contributed by atoms with E-state index in [4.69, 9.17) is 9.15 Å². The van der Waals surface area contributed by atoms with E-state index in [1.807, 2.05) is 24.3 Å². The number of hydrogen-bond donors (Lipinski definition) is 1. The number of likely N-dealkylation sites (tertiary alicyclic amines) is 1. The zero-order valence-corrected chi connectivity index (χ0v) is 16.7. The van der Waals surface area contributed by atoms with Crippen LogP contribution in [0.2, 0.25) is 0 Å². The third-order valence-corrected chi connectivity index (χ3v) is 5.20. The third-order valence-electron chi connectivity index (χ3n) is 5.20. The summed E-state index contributed by atoms with van der Waals surface area (Å²) in [7, 11) is 0. The Morgan fingerprint density at radius 2 is 2.03 bits per heavy atom. The topological polar surface area (TPSA) is 88.8 Å². The Labute approximate surface area is 170 Å². The Morgan fingerprint density at radius 1 is 1.28 bits per heavy atom. The zero-order valence-electron chi connectivity index (χ0n) is 16.7. The van der Waals surface area contributed by atoms with Gasteiger partial charge >= 0.3 is 5.97 Å². The van der Waals surface area contributed by atoms with Crippen LogP contribution in [0.25, 0.3) is 0 Å². The van der Waals surface area contributed by atoms with E-state index < -0.39 is 17.8 Å². The van der Waals surface area contributed by atoms with Gasteiger partial charge in [0.2, 0.25) is 5.91 Å². The van der Waals surface area contributed by atoms with Gasteiger partial charge in [-0.05, 0) is 42.2 Å². The van der Waals surface area contributed by atoms with Crippen molar-refractivity contribution >= 4 is 23.5 Å². The van der Waals surface area contributed by atoms with E-state index in [1.54, 1.807) is 17.0 Å². The largest absolute Gasteiger partial charge is 0.467 e. The monoisotopic (exact) mass is 398 g/mol. The van der Waals surface area contributed by atoms with Gasteiger partial charge in [-0.25, -0.2) is 0 Å². The summed E-state index contributed by atoms with van der Waals surface area (Å²) in [4.78, 5) is 38.0. The zero-order chi connectivity index (χ0) is 20.8. The lowest BCUT2D eigenvalue weighted by molar-refractivity contribution is -0.151. The van der Waals surface area contributed by atoms with Gasteiger partial charge in [-0.3, -0.25) is 14.4 Å². The molecule has 1 saturated heterocycles. The van der Waals surface area contributed by atoms with E-state index in [-0.39, 0.29) is 25.5 Å². The second-order valence-electron chi connectivity index (χ2n) is 7.34. The van der Waals surface area contributed by atoms with Crippen LogP contribution in [0.3, 0.4) is 0 Å². The van der Waals surface area contributed by atoms with E-state index in [0.717, 1.165) is 6.42 Å². The van der Waals surface area contributed by atoms with Crippen LogP contribution in [0.1, 0.15) is 43.9 Å². The Hall–Kier alpha value is -3.09. The molecule has 7 nitrogen and oxygen atoms in total. The fourth-order valence-electron chi connectivity index (χ4n) is 3.26. The summed E-state index contributed by atoms with van der Waals surface area (Å²) in [6, 6.07) is 11.2. The van der Waals surface area contributed by atoms with Gasteiger partial charge in [-0.2, -0.15) is 0 Å². The number of anilines is 1. The number of carbonyl (C=O) groups is 3. The molecule has 1 aromatic heterocycles. The first-order valence-electron chi connectivity index (χ1n) is 9.82. The Morgan fingerprint density at radius 3 is 2.69 bits per heavy atom. The molecule has 0 aliphatic carbocycles. The quantitative estimate of drug-likeness (QED) is 0.689. The first-order valence-corrected chi connectivity index (χ1v) is 9.82. The van der Waals surface area contributed by atoms with Gasteiger partial charge in [0.15, 0.2) is 6.61 Å². The molecule has 7 heteroatoms. The molecule has 0 saturated carbocycles. The minimum absolute atomic E-state index is 0.0816. The van der Waals surface area contributed by atoms with Gasteiger partial charge in [-0.15, -0.1) is 0 Å². The maximum Gasteiger partial charge on any atom is 0.311 e. The number of rotatable bonds is 8. The summed E-state index contributed by atoms with van der Waals surface area (Å²) in [5, 5.41) is 2.71. The number of benzene rings is 1. The first-order chi connectivity index (χ1) is 14.0. The second-order valence-corrected chi connectivity index (χ2v) is 7.34. The number of nitrogens with zero attached hydrogens (tertiary/aromatic N) is 1. The lowest BCUT2D eigenvalue weighted by Crippen LogP contribution is -2.28. The molecule has 154 valence electrons. The van der Waals surface area contributed by atoms with Crippen LogP contribution >= 0.6 is 0 Å². The van der Waals surface area contributed by atoms with Gasteiger partial charge in [0.05, 0.1) is 18.7 Å². The minimum Gasteiger partial charge on any atom is -0.467 e. The van der Waals surface area contributed by atoms with Gasteiger partial charge in [0.1, 0.15) is 5.76 Å². The molecular formula is C22H26N2O5. The van der Waals surface area contributed by atoms with Gasteiger partial charge in [0.25, 0.3) is 5.91 Å². The lowest BCUT2D eigenvalue weighted by atomic mass is 9.99. The van der Waals surface area contributed by atoms with Crippen molar-refractivity contribution in [1.82, 2.24) is 4.90 Å². The van der Waals surface area contributed by atoms with Crippen molar-refractivity contribution in [3.05, 3.63) is 54.0 Å². The number of nitrogens with one attached hydrogen (secondary N) is 1. The van der Waals surface area contributed by atoms with Crippen molar-refractivity contribution < 1.29 is 23.5 Å². The maximum atomic E-state index is 12.2. The molecule has 2 heterocycles. The fraction of sp³-hybridized carbons (Fsp3) is 0.409. The van der Waals surface area contributed by atoms with Crippen LogP contribution < -0.4 is 5.32 Å². The Kier molecular flexibility index (Phi) is 6.69. The lowest BCUT2D eigenvalue weighted by Gasteiger charge is -2.14. The Bertz CT molecular complexity index is 845. The van der Waals surface area contributed by atoms with Gasteiger partial charge < -0.3 is 19.4 Å². The van der Waals surface area contributed by atoms with Crippen LogP contribution in [0.15, 0.2) is 47.1 Å². The number of hydrogen-bond acceptors (Lipinski definition) is 5. The Balaban J connectivity index is 1.44. The van der Waals surface area contributed by atoms with Crippen molar-refractivity contribution in [2.75, 3.05) is 18.5 Å². The molecule has 2 aromatic rings.